The van der Waals surface area contributed by atoms with E-state index in [9.17, 15) is 0 Å². The van der Waals surface area contributed by atoms with Crippen molar-refractivity contribution in [2.75, 3.05) is 26.7 Å². The Bertz CT molecular complexity index is 400. The molecule has 1 aliphatic rings. The Morgan fingerprint density at radius 1 is 1.32 bits per heavy atom. The van der Waals surface area contributed by atoms with E-state index in [-0.39, 0.29) is 0 Å². The van der Waals surface area contributed by atoms with Crippen LogP contribution in [-0.2, 0) is 6.54 Å². The van der Waals surface area contributed by atoms with E-state index in [1.807, 2.05) is 0 Å². The fraction of sp³-hybridized carbons (Fsp3) is 0.625. The fourth-order valence-corrected chi connectivity index (χ4v) is 3.16. The number of rotatable bonds is 5. The molecular formula is C16H25BrN2. The Balaban J connectivity index is 1.80. The minimum Gasteiger partial charge on any atom is -0.317 e. The van der Waals surface area contributed by atoms with E-state index < -0.39 is 0 Å². The van der Waals surface area contributed by atoms with Gasteiger partial charge < -0.3 is 10.2 Å². The molecule has 0 bridgehead atoms. The molecule has 1 aliphatic heterocycles. The maximum Gasteiger partial charge on any atom is 0.0233 e. The van der Waals surface area contributed by atoms with E-state index in [0.29, 0.717) is 0 Å². The van der Waals surface area contributed by atoms with Gasteiger partial charge in [-0.1, -0.05) is 22.0 Å². The molecule has 0 amide bonds. The van der Waals surface area contributed by atoms with Gasteiger partial charge in [0.2, 0.25) is 0 Å². The van der Waals surface area contributed by atoms with Crippen LogP contribution in [0.2, 0.25) is 0 Å². The van der Waals surface area contributed by atoms with Crippen LogP contribution >= 0.6 is 15.9 Å². The van der Waals surface area contributed by atoms with Gasteiger partial charge >= 0.3 is 0 Å². The fourth-order valence-electron chi connectivity index (χ4n) is 2.75. The monoisotopic (exact) mass is 324 g/mol. The van der Waals surface area contributed by atoms with E-state index in [1.54, 1.807) is 0 Å². The van der Waals surface area contributed by atoms with Gasteiger partial charge in [-0.25, -0.2) is 0 Å². The molecule has 0 aromatic heterocycles. The van der Waals surface area contributed by atoms with Gasteiger partial charge in [0.25, 0.3) is 0 Å². The predicted octanol–water partition coefficient (Wildman–Crippen LogP) is 3.58. The molecule has 1 aromatic carbocycles. The highest BCUT2D eigenvalue weighted by Gasteiger charge is 2.13. The van der Waals surface area contributed by atoms with E-state index in [0.717, 1.165) is 12.5 Å². The van der Waals surface area contributed by atoms with Crippen LogP contribution in [0.5, 0.6) is 0 Å². The first-order valence-corrected chi connectivity index (χ1v) is 8.09. The first-order chi connectivity index (χ1) is 9.15. The molecular weight excluding hydrogens is 300 g/mol. The summed E-state index contributed by atoms with van der Waals surface area (Å²) in [5, 5.41) is 3.44. The topological polar surface area (TPSA) is 15.3 Å². The zero-order valence-electron chi connectivity index (χ0n) is 12.1. The molecule has 0 unspecified atom stereocenters. The number of benzene rings is 1. The zero-order valence-corrected chi connectivity index (χ0v) is 13.7. The summed E-state index contributed by atoms with van der Waals surface area (Å²) >= 11 is 3.56. The van der Waals surface area contributed by atoms with E-state index in [2.05, 4.69) is 58.3 Å². The Labute approximate surface area is 125 Å². The van der Waals surface area contributed by atoms with Gasteiger partial charge in [-0.2, -0.15) is 0 Å². The van der Waals surface area contributed by atoms with Crippen molar-refractivity contribution in [2.45, 2.75) is 32.7 Å². The average Bonchev–Trinajstić information content (AvgIpc) is 2.42. The molecule has 0 atom stereocenters. The summed E-state index contributed by atoms with van der Waals surface area (Å²) in [5.41, 5.74) is 2.82. The van der Waals surface area contributed by atoms with Crippen molar-refractivity contribution in [2.24, 2.45) is 5.92 Å². The Hall–Kier alpha value is -0.380. The van der Waals surface area contributed by atoms with Crippen LogP contribution in [0.1, 0.15) is 30.4 Å². The van der Waals surface area contributed by atoms with Crippen molar-refractivity contribution < 1.29 is 0 Å². The van der Waals surface area contributed by atoms with Gasteiger partial charge in [-0.15, -0.1) is 0 Å². The lowest BCUT2D eigenvalue weighted by atomic mass is 9.94. The lowest BCUT2D eigenvalue weighted by Gasteiger charge is -2.25. The van der Waals surface area contributed by atoms with Crippen LogP contribution < -0.4 is 5.32 Å². The minimum atomic E-state index is 0.923. The Morgan fingerprint density at radius 3 is 2.79 bits per heavy atom. The summed E-state index contributed by atoms with van der Waals surface area (Å²) in [7, 11) is 2.24. The first-order valence-electron chi connectivity index (χ1n) is 7.29. The molecule has 19 heavy (non-hydrogen) atoms. The number of hydrogen-bond acceptors (Lipinski definition) is 2. The molecule has 1 saturated heterocycles. The van der Waals surface area contributed by atoms with Gasteiger partial charge in [0.1, 0.15) is 0 Å². The normalized spacial score (nSPS) is 17.1. The van der Waals surface area contributed by atoms with Crippen LogP contribution in [0.25, 0.3) is 0 Å². The van der Waals surface area contributed by atoms with Crippen molar-refractivity contribution in [1.29, 1.82) is 0 Å². The quantitative estimate of drug-likeness (QED) is 0.890. The highest BCUT2D eigenvalue weighted by atomic mass is 79.9. The first kappa shape index (κ1) is 15.0. The Morgan fingerprint density at radius 2 is 2.05 bits per heavy atom. The second kappa shape index (κ2) is 7.41. The molecule has 0 radical (unpaired) electrons. The van der Waals surface area contributed by atoms with Gasteiger partial charge in [-0.3, -0.25) is 0 Å². The number of hydrogen-bond donors (Lipinski definition) is 1. The molecule has 1 fully saturated rings. The van der Waals surface area contributed by atoms with Crippen LogP contribution in [0, 0.1) is 12.8 Å². The summed E-state index contributed by atoms with van der Waals surface area (Å²) in [4.78, 5) is 2.46. The Kier molecular flexibility index (Phi) is 5.86. The van der Waals surface area contributed by atoms with Crippen LogP contribution in [0.15, 0.2) is 22.7 Å². The largest absolute Gasteiger partial charge is 0.317 e. The van der Waals surface area contributed by atoms with E-state index >= 15 is 0 Å². The summed E-state index contributed by atoms with van der Waals surface area (Å²) in [6, 6.07) is 6.56. The summed E-state index contributed by atoms with van der Waals surface area (Å²) < 4.78 is 1.18. The van der Waals surface area contributed by atoms with Gasteiger partial charge in [0.15, 0.2) is 0 Å². The predicted molar refractivity (Wildman–Crippen MR) is 85.4 cm³/mol. The summed E-state index contributed by atoms with van der Waals surface area (Å²) in [6.45, 7) is 6.87. The number of nitrogens with zero attached hydrogens (tertiary/aromatic N) is 1. The average molecular weight is 325 g/mol. The maximum atomic E-state index is 3.56. The number of piperidine rings is 1. The van der Waals surface area contributed by atoms with Crippen molar-refractivity contribution >= 4 is 15.9 Å². The molecule has 2 nitrogen and oxygen atoms in total. The third kappa shape index (κ3) is 4.90. The standard InChI is InChI=1S/C16H25BrN2/c1-13-3-4-16(17)11-15(13)12-19(2)10-7-14-5-8-18-9-6-14/h3-4,11,14,18H,5-10,12H2,1-2H3. The van der Waals surface area contributed by atoms with Crippen LogP contribution in [-0.4, -0.2) is 31.6 Å². The van der Waals surface area contributed by atoms with E-state index in [1.165, 1.54) is 54.5 Å². The van der Waals surface area contributed by atoms with Crippen molar-refractivity contribution in [1.82, 2.24) is 10.2 Å². The second-order valence-electron chi connectivity index (χ2n) is 5.79. The molecule has 1 heterocycles. The van der Waals surface area contributed by atoms with Crippen LogP contribution in [0.4, 0.5) is 0 Å². The molecule has 0 spiro atoms. The molecule has 1 N–H and O–H groups in total. The summed E-state index contributed by atoms with van der Waals surface area (Å²) in [6.07, 6.45) is 4.04. The number of nitrogens with one attached hydrogen (secondary N) is 1. The smallest absolute Gasteiger partial charge is 0.0233 e. The molecule has 0 aliphatic carbocycles. The third-order valence-corrected chi connectivity index (χ3v) is 4.62. The van der Waals surface area contributed by atoms with Crippen molar-refractivity contribution in [3.63, 3.8) is 0 Å². The summed E-state index contributed by atoms with van der Waals surface area (Å²) in [5.74, 6) is 0.923. The molecule has 106 valence electrons. The molecule has 0 saturated carbocycles. The highest BCUT2D eigenvalue weighted by molar-refractivity contribution is 9.10. The lowest BCUT2D eigenvalue weighted by molar-refractivity contribution is 0.265. The van der Waals surface area contributed by atoms with Gasteiger partial charge in [0, 0.05) is 11.0 Å². The van der Waals surface area contributed by atoms with Gasteiger partial charge in [-0.05, 0) is 82.0 Å². The molecule has 1 aromatic rings. The third-order valence-electron chi connectivity index (χ3n) is 4.13. The lowest BCUT2D eigenvalue weighted by Crippen LogP contribution is -2.30. The van der Waals surface area contributed by atoms with Crippen molar-refractivity contribution in [3.8, 4) is 0 Å². The minimum absolute atomic E-state index is 0.923. The maximum absolute atomic E-state index is 3.56. The SMILES string of the molecule is Cc1ccc(Br)cc1CN(C)CCC1CCNCC1. The highest BCUT2D eigenvalue weighted by Crippen LogP contribution is 2.19. The molecule has 3 heteroatoms. The molecule has 2 rings (SSSR count). The zero-order chi connectivity index (χ0) is 13.7. The van der Waals surface area contributed by atoms with Gasteiger partial charge in [0.05, 0.1) is 0 Å². The number of halogens is 1. The van der Waals surface area contributed by atoms with E-state index in [4.69, 9.17) is 0 Å². The van der Waals surface area contributed by atoms with Crippen molar-refractivity contribution in [3.05, 3.63) is 33.8 Å². The second-order valence-corrected chi connectivity index (χ2v) is 6.71. The number of aryl methyl sites for hydroxylation is 1. The van der Waals surface area contributed by atoms with Crippen LogP contribution in [0.3, 0.4) is 0 Å².